The molecular weight excluding hydrogens is 513 g/mol. The normalized spacial score (nSPS) is 15.5. The number of nitrogens with zero attached hydrogens (tertiary/aromatic N) is 2. The Kier molecular flexibility index (Phi) is 8.49. The molecule has 0 saturated heterocycles. The molecule has 2 unspecified atom stereocenters. The molecule has 4 rings (SSSR count). The summed E-state index contributed by atoms with van der Waals surface area (Å²) in [4.78, 5) is 25.7. The van der Waals surface area contributed by atoms with Crippen LogP contribution >= 0.6 is 11.8 Å². The van der Waals surface area contributed by atoms with E-state index >= 15 is 0 Å². The Morgan fingerprint density at radius 3 is 2.55 bits per heavy atom. The molecule has 0 fully saturated rings. The summed E-state index contributed by atoms with van der Waals surface area (Å²) in [5.41, 5.74) is 1.20. The van der Waals surface area contributed by atoms with Gasteiger partial charge in [0.25, 0.3) is 11.8 Å². The second-order valence-electron chi connectivity index (χ2n) is 8.37. The monoisotopic (exact) mass is 539 g/mol. The summed E-state index contributed by atoms with van der Waals surface area (Å²) in [7, 11) is 1.44. The number of carbonyl (C=O) groups excluding carboxylic acids is 2. The van der Waals surface area contributed by atoms with Gasteiger partial charge in [-0.2, -0.15) is 5.10 Å². The molecule has 11 heteroatoms. The first-order valence-corrected chi connectivity index (χ1v) is 12.5. The van der Waals surface area contributed by atoms with Crippen LogP contribution in [0.4, 0.5) is 4.39 Å². The lowest BCUT2D eigenvalue weighted by Crippen LogP contribution is -2.34. The largest absolute Gasteiger partial charge is 0.507 e. The van der Waals surface area contributed by atoms with Gasteiger partial charge in [0.15, 0.2) is 18.1 Å². The van der Waals surface area contributed by atoms with Crippen molar-refractivity contribution in [3.05, 3.63) is 89.2 Å². The number of aliphatic hydroxyl groups excluding tert-OH is 1. The zero-order chi connectivity index (χ0) is 27.2. The lowest BCUT2D eigenvalue weighted by Gasteiger charge is -2.24. The van der Waals surface area contributed by atoms with Crippen molar-refractivity contribution < 1.29 is 33.7 Å². The summed E-state index contributed by atoms with van der Waals surface area (Å²) in [6.07, 6.45) is -0.695. The number of phenolic OH excluding ortho intramolecular Hbond substituents is 1. The Hall–Kier alpha value is -4.09. The van der Waals surface area contributed by atoms with E-state index < -0.39 is 29.1 Å². The molecule has 9 nitrogen and oxygen atoms in total. The van der Waals surface area contributed by atoms with Gasteiger partial charge in [-0.25, -0.2) is 9.40 Å². The third-order valence-electron chi connectivity index (χ3n) is 5.51. The maximum Gasteiger partial charge on any atom is 0.279 e. The number of nitrogens with one attached hydrogen (secondary N) is 1. The van der Waals surface area contributed by atoms with Crippen LogP contribution in [-0.2, 0) is 4.79 Å². The number of hydrogen-bond acceptors (Lipinski definition) is 8. The van der Waals surface area contributed by atoms with Gasteiger partial charge in [-0.05, 0) is 49.4 Å². The third-order valence-corrected chi connectivity index (χ3v) is 6.73. The number of ether oxygens (including phenoxy) is 2. The van der Waals surface area contributed by atoms with Crippen LogP contribution in [0.1, 0.15) is 33.8 Å². The molecule has 3 N–H and O–H groups in total. The van der Waals surface area contributed by atoms with E-state index in [9.17, 15) is 24.2 Å². The van der Waals surface area contributed by atoms with E-state index in [0.717, 1.165) is 0 Å². The van der Waals surface area contributed by atoms with Crippen molar-refractivity contribution in [3.8, 4) is 17.2 Å². The maximum absolute atomic E-state index is 13.5. The van der Waals surface area contributed by atoms with E-state index in [-0.39, 0.29) is 30.2 Å². The average Bonchev–Trinajstić information content (AvgIpc) is 3.36. The SMILES string of the molecule is COc1c(OCC(=O)NCC(C)O)cccc1C1SC(c2ccc(F)cc2)=NN1C(=O)c1ccccc1O. The highest BCUT2D eigenvalue weighted by atomic mass is 32.2. The molecule has 1 aliphatic rings. The number of thioether (sulfide) groups is 1. The van der Waals surface area contributed by atoms with Crippen LogP contribution < -0.4 is 14.8 Å². The second-order valence-corrected chi connectivity index (χ2v) is 9.44. The molecule has 0 aromatic heterocycles. The molecule has 0 aliphatic carbocycles. The molecule has 2 atom stereocenters. The fourth-order valence-corrected chi connectivity index (χ4v) is 4.86. The van der Waals surface area contributed by atoms with Crippen molar-refractivity contribution in [2.45, 2.75) is 18.4 Å². The number of rotatable bonds is 9. The number of aliphatic hydroxyl groups is 1. The van der Waals surface area contributed by atoms with Crippen LogP contribution in [-0.4, -0.2) is 58.4 Å². The van der Waals surface area contributed by atoms with Crippen molar-refractivity contribution in [2.24, 2.45) is 5.10 Å². The predicted octanol–water partition coefficient (Wildman–Crippen LogP) is 3.67. The summed E-state index contributed by atoms with van der Waals surface area (Å²) in [6, 6.07) is 16.9. The molecule has 2 amide bonds. The van der Waals surface area contributed by atoms with Crippen molar-refractivity contribution in [1.29, 1.82) is 0 Å². The smallest absolute Gasteiger partial charge is 0.279 e. The predicted molar refractivity (Wildman–Crippen MR) is 141 cm³/mol. The first-order chi connectivity index (χ1) is 18.3. The van der Waals surface area contributed by atoms with Gasteiger partial charge in [-0.1, -0.05) is 36.0 Å². The average molecular weight is 540 g/mol. The number of aromatic hydroxyl groups is 1. The number of amides is 2. The number of hydrazone groups is 1. The van der Waals surface area contributed by atoms with Gasteiger partial charge in [-0.3, -0.25) is 9.59 Å². The zero-order valence-electron chi connectivity index (χ0n) is 20.6. The van der Waals surface area contributed by atoms with Gasteiger partial charge in [0, 0.05) is 17.7 Å². The van der Waals surface area contributed by atoms with Gasteiger partial charge >= 0.3 is 0 Å². The van der Waals surface area contributed by atoms with Crippen molar-refractivity contribution in [1.82, 2.24) is 10.3 Å². The van der Waals surface area contributed by atoms with Gasteiger partial charge in [0.1, 0.15) is 22.0 Å². The second kappa shape index (κ2) is 12.0. The van der Waals surface area contributed by atoms with Gasteiger partial charge in [0.05, 0.1) is 18.8 Å². The Morgan fingerprint density at radius 1 is 1.13 bits per heavy atom. The summed E-state index contributed by atoms with van der Waals surface area (Å²) in [5.74, 6) is -1.02. The van der Waals surface area contributed by atoms with E-state index in [0.29, 0.717) is 21.9 Å². The third kappa shape index (κ3) is 6.06. The number of benzene rings is 3. The lowest BCUT2D eigenvalue weighted by molar-refractivity contribution is -0.123. The molecule has 0 spiro atoms. The van der Waals surface area contributed by atoms with Gasteiger partial charge in [-0.15, -0.1) is 0 Å². The highest BCUT2D eigenvalue weighted by molar-refractivity contribution is 8.14. The molecule has 198 valence electrons. The standard InChI is InChI=1S/C27H26FN3O6S/c1-16(32)14-29-23(34)15-37-22-9-5-7-20(24(22)36-2)27-31(26(35)19-6-3-4-8-21(19)33)30-25(38-27)17-10-12-18(28)13-11-17/h3-13,16,27,32-33H,14-15H2,1-2H3,(H,29,34). The minimum Gasteiger partial charge on any atom is -0.507 e. The number of halogens is 1. The van der Waals surface area contributed by atoms with Crippen LogP contribution in [0, 0.1) is 5.82 Å². The fraction of sp³-hybridized carbons (Fsp3) is 0.222. The number of phenols is 1. The fourth-order valence-electron chi connectivity index (χ4n) is 3.69. The Bertz CT molecular complexity index is 1350. The lowest BCUT2D eigenvalue weighted by atomic mass is 10.1. The summed E-state index contributed by atoms with van der Waals surface area (Å²) >= 11 is 1.24. The van der Waals surface area contributed by atoms with E-state index in [1.54, 1.807) is 49.4 Å². The van der Waals surface area contributed by atoms with Crippen molar-refractivity contribution in [2.75, 3.05) is 20.3 Å². The molecule has 3 aromatic carbocycles. The Balaban J connectivity index is 1.68. The van der Waals surface area contributed by atoms with Crippen LogP contribution in [0.15, 0.2) is 71.8 Å². The first-order valence-electron chi connectivity index (χ1n) is 11.7. The summed E-state index contributed by atoms with van der Waals surface area (Å²) in [5, 5.41) is 27.7. The summed E-state index contributed by atoms with van der Waals surface area (Å²) in [6.45, 7) is 1.32. The number of hydrogen-bond donors (Lipinski definition) is 3. The van der Waals surface area contributed by atoms with Gasteiger partial charge < -0.3 is 25.0 Å². The zero-order valence-corrected chi connectivity index (χ0v) is 21.4. The van der Waals surface area contributed by atoms with E-state index in [1.807, 2.05) is 0 Å². The van der Waals surface area contributed by atoms with Crippen LogP contribution in [0.5, 0.6) is 17.2 Å². The van der Waals surface area contributed by atoms with Crippen LogP contribution in [0.3, 0.4) is 0 Å². The molecule has 3 aromatic rings. The maximum atomic E-state index is 13.5. The highest BCUT2D eigenvalue weighted by Crippen LogP contribution is 2.47. The molecule has 0 radical (unpaired) electrons. The summed E-state index contributed by atoms with van der Waals surface area (Å²) < 4.78 is 24.9. The number of methoxy groups -OCH3 is 1. The van der Waals surface area contributed by atoms with Gasteiger partial charge in [0.2, 0.25) is 0 Å². The Morgan fingerprint density at radius 2 is 1.87 bits per heavy atom. The number of carbonyl (C=O) groups is 2. The van der Waals surface area contributed by atoms with E-state index in [4.69, 9.17) is 9.47 Å². The quantitative estimate of drug-likeness (QED) is 0.380. The van der Waals surface area contributed by atoms with E-state index in [1.165, 1.54) is 48.1 Å². The van der Waals surface area contributed by atoms with Crippen molar-refractivity contribution in [3.63, 3.8) is 0 Å². The first kappa shape index (κ1) is 27.0. The van der Waals surface area contributed by atoms with Crippen LogP contribution in [0.2, 0.25) is 0 Å². The van der Waals surface area contributed by atoms with E-state index in [2.05, 4.69) is 10.4 Å². The minimum atomic E-state index is -0.732. The Labute approximate surface area is 222 Å². The number of para-hydroxylation sites is 2. The molecule has 1 aliphatic heterocycles. The van der Waals surface area contributed by atoms with Crippen LogP contribution in [0.25, 0.3) is 0 Å². The topological polar surface area (TPSA) is 121 Å². The molecule has 0 saturated carbocycles. The molecular formula is C27H26FN3O6S. The molecule has 1 heterocycles. The molecule has 38 heavy (non-hydrogen) atoms. The molecule has 0 bridgehead atoms. The van der Waals surface area contributed by atoms with Crippen molar-refractivity contribution >= 4 is 28.6 Å². The highest BCUT2D eigenvalue weighted by Gasteiger charge is 2.37. The minimum absolute atomic E-state index is 0.0587.